The van der Waals surface area contributed by atoms with Crippen molar-refractivity contribution in [3.8, 4) is 11.5 Å². The molecule has 0 radical (unpaired) electrons. The molecular weight excluding hydrogens is 584 g/mol. The van der Waals surface area contributed by atoms with E-state index in [0.717, 1.165) is 24.2 Å². The molecule has 0 saturated carbocycles. The monoisotopic (exact) mass is 630 g/mol. The summed E-state index contributed by atoms with van der Waals surface area (Å²) in [4.78, 5) is 14.3. The fourth-order valence-electron chi connectivity index (χ4n) is 4.75. The zero-order chi connectivity index (χ0) is 27.7. The highest BCUT2D eigenvalue weighted by molar-refractivity contribution is 7.09. The van der Waals surface area contributed by atoms with Crippen LogP contribution in [0.15, 0.2) is 54.2 Å². The summed E-state index contributed by atoms with van der Waals surface area (Å²) < 4.78 is 13.7. The molecule has 0 fully saturated rings. The number of nitrogens with zero attached hydrogens (tertiary/aromatic N) is 1. The molecule has 0 spiro atoms. The van der Waals surface area contributed by atoms with Gasteiger partial charge >= 0.3 is 0 Å². The average molecular weight is 632 g/mol. The van der Waals surface area contributed by atoms with Crippen LogP contribution in [0.1, 0.15) is 105 Å². The fraction of sp³-hybridized carbons (Fsp3) is 0.515. The number of thiazole rings is 1. The minimum absolute atomic E-state index is 0. The molecule has 0 bridgehead atoms. The van der Waals surface area contributed by atoms with Crippen molar-refractivity contribution in [1.29, 1.82) is 0 Å². The number of rotatable bonds is 19. The quantitative estimate of drug-likeness (QED) is 0.136. The molecule has 1 heterocycles. The Morgan fingerprint density at radius 1 is 0.875 bits per heavy atom. The second-order valence-electron chi connectivity index (χ2n) is 10.4. The van der Waals surface area contributed by atoms with E-state index in [-0.39, 0.29) is 22.9 Å². The molecule has 3 aromatic rings. The van der Waals surface area contributed by atoms with Crippen LogP contribution in [-0.2, 0) is 6.54 Å². The molecule has 0 unspecified atom stereocenters. The molecule has 0 saturated heterocycles. The van der Waals surface area contributed by atoms with Gasteiger partial charge in [0.15, 0.2) is 24.2 Å². The number of carbonyl (C=O) groups is 1. The highest BCUT2D eigenvalue weighted by atomic mass is 79.9. The Balaban J connectivity index is 0.00000560. The van der Waals surface area contributed by atoms with Gasteiger partial charge in [-0.1, -0.05) is 101 Å². The lowest BCUT2D eigenvalue weighted by atomic mass is 10.1. The van der Waals surface area contributed by atoms with Gasteiger partial charge in [-0.25, -0.2) is 0 Å². The van der Waals surface area contributed by atoms with E-state index in [4.69, 9.17) is 9.47 Å². The van der Waals surface area contributed by atoms with E-state index in [1.807, 2.05) is 18.2 Å². The molecule has 0 aliphatic rings. The van der Waals surface area contributed by atoms with Crippen LogP contribution in [0.25, 0.3) is 0 Å². The molecule has 0 aliphatic carbocycles. The number of aromatic nitrogens is 1. The number of nitrogens with one attached hydrogen (secondary N) is 1. The lowest BCUT2D eigenvalue weighted by Gasteiger charge is -2.13. The van der Waals surface area contributed by atoms with Gasteiger partial charge in [0.2, 0.25) is 5.51 Å². The van der Waals surface area contributed by atoms with Crippen LogP contribution in [0.4, 0.5) is 5.69 Å². The van der Waals surface area contributed by atoms with Gasteiger partial charge in [0.05, 0.1) is 18.6 Å². The van der Waals surface area contributed by atoms with E-state index in [9.17, 15) is 4.79 Å². The highest BCUT2D eigenvalue weighted by Crippen LogP contribution is 2.29. The van der Waals surface area contributed by atoms with Crippen molar-refractivity contribution in [2.75, 3.05) is 19.0 Å². The summed E-state index contributed by atoms with van der Waals surface area (Å²) in [5, 5.41) is 3.03. The average Bonchev–Trinajstić information content (AvgIpc) is 3.35. The van der Waals surface area contributed by atoms with E-state index in [2.05, 4.69) is 41.5 Å². The van der Waals surface area contributed by atoms with Gasteiger partial charge in [-0.2, -0.15) is 4.57 Å². The fourth-order valence-corrected chi connectivity index (χ4v) is 5.38. The number of anilines is 1. The molecule has 0 aliphatic heterocycles. The minimum Gasteiger partial charge on any atom is -1.00 e. The first kappa shape index (κ1) is 33.8. The largest absolute Gasteiger partial charge is 1.00 e. The molecule has 220 valence electrons. The Morgan fingerprint density at radius 2 is 1.55 bits per heavy atom. The Hall–Kier alpha value is -2.38. The second kappa shape index (κ2) is 19.7. The molecule has 3 rings (SSSR count). The maximum Gasteiger partial charge on any atom is 0.255 e. The van der Waals surface area contributed by atoms with Crippen molar-refractivity contribution in [2.24, 2.45) is 0 Å². The number of ether oxygens (including phenoxy) is 2. The molecule has 40 heavy (non-hydrogen) atoms. The zero-order valence-electron chi connectivity index (χ0n) is 24.6. The van der Waals surface area contributed by atoms with Gasteiger partial charge in [0.25, 0.3) is 5.91 Å². The number of halogens is 1. The van der Waals surface area contributed by atoms with Gasteiger partial charge in [-0.15, -0.1) is 0 Å². The number of aryl methyl sites for hydroxylation is 1. The summed E-state index contributed by atoms with van der Waals surface area (Å²) in [5.41, 5.74) is 4.57. The number of carbonyl (C=O) groups excluding carboxylic acids is 1. The molecule has 1 N–H and O–H groups in total. The van der Waals surface area contributed by atoms with E-state index >= 15 is 0 Å². The molecule has 1 amide bonds. The molecule has 0 atom stereocenters. The van der Waals surface area contributed by atoms with Crippen LogP contribution < -0.4 is 36.3 Å². The van der Waals surface area contributed by atoms with Crippen LogP contribution in [0.5, 0.6) is 11.5 Å². The van der Waals surface area contributed by atoms with Crippen LogP contribution in [0.2, 0.25) is 0 Å². The standard InChI is InChI=1S/C33H46N2O3S.BrH/c1-4-5-6-7-8-9-10-11-12-13-14-15-21-38-32-23-29(19-20-31(32)37-3)33(36)34-30-18-16-17-28(22-30)25-35-24-27(2)39-26-35;/h16-20,22-24,26H,4-15,21,25H2,1-3H3;1H. The third-order valence-corrected chi connectivity index (χ3v) is 7.81. The Morgan fingerprint density at radius 3 is 2.17 bits per heavy atom. The van der Waals surface area contributed by atoms with Gasteiger partial charge in [0.1, 0.15) is 0 Å². The van der Waals surface area contributed by atoms with E-state index in [1.54, 1.807) is 36.6 Å². The van der Waals surface area contributed by atoms with Crippen molar-refractivity contribution in [3.05, 3.63) is 70.2 Å². The minimum atomic E-state index is -0.163. The highest BCUT2D eigenvalue weighted by Gasteiger charge is 2.13. The first-order chi connectivity index (χ1) is 19.1. The van der Waals surface area contributed by atoms with E-state index in [0.29, 0.717) is 23.7 Å². The first-order valence-corrected chi connectivity index (χ1v) is 15.6. The lowest BCUT2D eigenvalue weighted by Crippen LogP contribution is -3.00. The van der Waals surface area contributed by atoms with Crippen molar-refractivity contribution >= 4 is 22.9 Å². The molecule has 1 aromatic heterocycles. The van der Waals surface area contributed by atoms with Crippen LogP contribution >= 0.6 is 11.3 Å². The van der Waals surface area contributed by atoms with Crippen LogP contribution in [0.3, 0.4) is 0 Å². The molecule has 2 aromatic carbocycles. The Kier molecular flexibility index (Phi) is 16.6. The third kappa shape index (κ3) is 12.4. The molecule has 7 heteroatoms. The topological polar surface area (TPSA) is 51.4 Å². The number of amides is 1. The predicted molar refractivity (Wildman–Crippen MR) is 162 cm³/mol. The summed E-state index contributed by atoms with van der Waals surface area (Å²) in [6.07, 6.45) is 17.9. The van der Waals surface area contributed by atoms with E-state index < -0.39 is 0 Å². The normalized spacial score (nSPS) is 10.7. The van der Waals surface area contributed by atoms with Gasteiger partial charge in [-0.05, 0) is 43.7 Å². The summed E-state index contributed by atoms with van der Waals surface area (Å²) >= 11 is 1.73. The Labute approximate surface area is 256 Å². The number of hydrogen-bond donors (Lipinski definition) is 1. The van der Waals surface area contributed by atoms with Crippen molar-refractivity contribution in [3.63, 3.8) is 0 Å². The predicted octanol–water partition coefficient (Wildman–Crippen LogP) is 5.74. The summed E-state index contributed by atoms with van der Waals surface area (Å²) in [6.45, 7) is 5.77. The lowest BCUT2D eigenvalue weighted by molar-refractivity contribution is -0.683. The first-order valence-electron chi connectivity index (χ1n) is 14.7. The van der Waals surface area contributed by atoms with Crippen LogP contribution in [-0.4, -0.2) is 19.6 Å². The van der Waals surface area contributed by atoms with Gasteiger partial charge in [0, 0.05) is 16.8 Å². The second-order valence-corrected chi connectivity index (χ2v) is 11.5. The van der Waals surface area contributed by atoms with Gasteiger partial charge in [-0.3, -0.25) is 4.79 Å². The zero-order valence-corrected chi connectivity index (χ0v) is 27.0. The maximum absolute atomic E-state index is 13.0. The van der Waals surface area contributed by atoms with Crippen molar-refractivity contribution in [1.82, 2.24) is 0 Å². The number of hydrogen-bond acceptors (Lipinski definition) is 4. The molecule has 5 nitrogen and oxygen atoms in total. The summed E-state index contributed by atoms with van der Waals surface area (Å²) in [5.74, 6) is 1.10. The summed E-state index contributed by atoms with van der Waals surface area (Å²) in [6, 6.07) is 13.3. The van der Waals surface area contributed by atoms with Crippen molar-refractivity contribution in [2.45, 2.75) is 97.4 Å². The number of unbranched alkanes of at least 4 members (excludes halogenated alkanes) is 11. The Bertz CT molecular complexity index is 1130. The third-order valence-electron chi connectivity index (χ3n) is 6.95. The number of benzene rings is 2. The SMILES string of the molecule is CCCCCCCCCCCCCCOc1cc(C(=O)Nc2cccc(C[n+]3csc(C)c3)c2)ccc1OC.[Br-]. The maximum atomic E-state index is 13.0. The number of methoxy groups -OCH3 is 1. The van der Waals surface area contributed by atoms with Crippen molar-refractivity contribution < 1.29 is 35.8 Å². The summed E-state index contributed by atoms with van der Waals surface area (Å²) in [7, 11) is 1.63. The smallest absolute Gasteiger partial charge is 0.255 e. The van der Waals surface area contributed by atoms with Gasteiger partial charge < -0.3 is 31.8 Å². The van der Waals surface area contributed by atoms with Crippen LogP contribution in [0, 0.1) is 6.92 Å². The van der Waals surface area contributed by atoms with E-state index in [1.165, 1.54) is 75.5 Å². The molecular formula is C33H47BrN2O3S.